The van der Waals surface area contributed by atoms with E-state index in [-0.39, 0.29) is 17.7 Å². The van der Waals surface area contributed by atoms with Gasteiger partial charge in [0.25, 0.3) is 0 Å². The van der Waals surface area contributed by atoms with Crippen molar-refractivity contribution in [2.45, 2.75) is 38.3 Å². The fraction of sp³-hybridized carbons (Fsp3) is 0.333. The third-order valence-corrected chi connectivity index (χ3v) is 7.74. The van der Waals surface area contributed by atoms with Crippen LogP contribution in [0.3, 0.4) is 0 Å². The number of nitriles is 1. The minimum Gasteiger partial charge on any atom is -0.508 e. The van der Waals surface area contributed by atoms with E-state index in [4.69, 9.17) is 19.8 Å². The topological polar surface area (TPSA) is 113 Å². The van der Waals surface area contributed by atoms with E-state index in [0.717, 1.165) is 60.6 Å². The fourth-order valence-electron chi connectivity index (χ4n) is 5.43. The zero-order valence-corrected chi connectivity index (χ0v) is 24.4. The second kappa shape index (κ2) is 13.7. The number of piperidine rings is 1. The summed E-state index contributed by atoms with van der Waals surface area (Å²) in [6.45, 7) is 7.54. The molecule has 43 heavy (non-hydrogen) atoms. The maximum atomic E-state index is 14.3. The van der Waals surface area contributed by atoms with Crippen molar-refractivity contribution in [3.05, 3.63) is 101 Å². The van der Waals surface area contributed by atoms with Gasteiger partial charge in [0.1, 0.15) is 29.3 Å². The first-order chi connectivity index (χ1) is 21.0. The van der Waals surface area contributed by atoms with Crippen molar-refractivity contribution in [1.82, 2.24) is 14.6 Å². The quantitative estimate of drug-likeness (QED) is 0.268. The van der Waals surface area contributed by atoms with Crippen molar-refractivity contribution in [3.63, 3.8) is 0 Å². The summed E-state index contributed by atoms with van der Waals surface area (Å²) in [6, 6.07) is 20.3. The van der Waals surface area contributed by atoms with Crippen LogP contribution < -0.4 is 15.6 Å². The van der Waals surface area contributed by atoms with Crippen LogP contribution in [0.15, 0.2) is 67.2 Å². The minimum atomic E-state index is -0.336. The largest absolute Gasteiger partial charge is 0.508 e. The molecule has 3 aromatic carbocycles. The summed E-state index contributed by atoms with van der Waals surface area (Å²) in [6.07, 6.45) is 3.16. The number of rotatable bonds is 9. The summed E-state index contributed by atoms with van der Waals surface area (Å²) in [5.74, 6) is 1.42. The molecule has 0 aliphatic carbocycles. The van der Waals surface area contributed by atoms with Crippen molar-refractivity contribution >= 4 is 16.8 Å². The molecular weight excluding hydrogens is 547 g/mol. The smallest absolute Gasteiger partial charge is 0.145 e. The highest BCUT2D eigenvalue weighted by Gasteiger charge is 2.26. The first kappa shape index (κ1) is 30.0. The number of ether oxygens (including phenoxy) is 1. The number of likely N-dealkylation sites (tertiary alicyclic amines) is 1. The van der Waals surface area contributed by atoms with Gasteiger partial charge in [0.05, 0.1) is 42.4 Å². The van der Waals surface area contributed by atoms with Crippen molar-refractivity contribution in [2.75, 3.05) is 38.5 Å². The maximum Gasteiger partial charge on any atom is 0.145 e. The molecule has 2 fully saturated rings. The molecule has 4 aromatic rings. The van der Waals surface area contributed by atoms with E-state index in [1.165, 1.54) is 13.1 Å². The molecule has 0 saturated carbocycles. The number of nitrogens with zero attached hydrogens (tertiary/aromatic N) is 5. The highest BCUT2D eigenvalue weighted by Crippen LogP contribution is 2.26. The molecule has 0 unspecified atom stereocenters. The molecule has 3 N–H and O–H groups in total. The van der Waals surface area contributed by atoms with Gasteiger partial charge >= 0.3 is 0 Å². The van der Waals surface area contributed by atoms with Crippen LogP contribution in [0.4, 0.5) is 4.39 Å². The lowest BCUT2D eigenvalue weighted by atomic mass is 10.0. The van der Waals surface area contributed by atoms with Gasteiger partial charge in [-0.05, 0) is 86.3 Å². The van der Waals surface area contributed by atoms with E-state index in [2.05, 4.69) is 17.2 Å². The predicted octanol–water partition coefficient (Wildman–Crippen LogP) is 4.86. The Hall–Kier alpha value is -4.43. The molecule has 2 aliphatic heterocycles. The maximum absolute atomic E-state index is 14.3. The van der Waals surface area contributed by atoms with Gasteiger partial charge in [0.2, 0.25) is 0 Å². The van der Waals surface area contributed by atoms with Crippen molar-refractivity contribution in [2.24, 2.45) is 5.73 Å². The number of aliphatic hydroxyl groups excluding tert-OH is 1. The zero-order chi connectivity index (χ0) is 30.3. The third kappa shape index (κ3) is 6.97. The van der Waals surface area contributed by atoms with Gasteiger partial charge < -0.3 is 15.6 Å². The highest BCUT2D eigenvalue weighted by molar-refractivity contribution is 5.80. The second-order valence-corrected chi connectivity index (χ2v) is 10.6. The number of hydrogen-bond acceptors (Lipinski definition) is 8. The molecule has 0 radical (unpaired) electrons. The van der Waals surface area contributed by atoms with E-state index in [0.29, 0.717) is 42.7 Å². The van der Waals surface area contributed by atoms with Crippen LogP contribution >= 0.6 is 0 Å². The van der Waals surface area contributed by atoms with Gasteiger partial charge in [0.15, 0.2) is 0 Å². The number of nitrogens with two attached hydrogens (primary N) is 1. The molecule has 2 aliphatic rings. The molecule has 10 heteroatoms. The van der Waals surface area contributed by atoms with Crippen LogP contribution in [0.1, 0.15) is 40.9 Å². The number of halogens is 1. The lowest BCUT2D eigenvalue weighted by Crippen LogP contribution is -2.49. The molecule has 0 atom stereocenters. The molecule has 0 spiro atoms. The standard InChI is InChI=1S/C32H32FN5O3.CH5N/c1-22(39)26-9-10-30-31(19-26)38(37-15-16-40-37)32(35-30)21-36-13-11-27(12-14-36)41-28-4-2-3-23(17-28)5-7-25-8-6-24(20-34)18-29(25)33;1-2/h2-4,6,8-10,17-19,27,39H,1,5,7,11-16,21H2;2H2,1H3. The van der Waals surface area contributed by atoms with Crippen LogP contribution in [0, 0.1) is 17.1 Å². The number of benzene rings is 3. The Morgan fingerprint density at radius 2 is 1.91 bits per heavy atom. The van der Waals surface area contributed by atoms with Gasteiger partial charge in [-0.1, -0.05) is 24.8 Å². The van der Waals surface area contributed by atoms with Crippen LogP contribution in [-0.4, -0.2) is 59.1 Å². The Balaban J connectivity index is 0.00000180. The predicted molar refractivity (Wildman–Crippen MR) is 164 cm³/mol. The lowest BCUT2D eigenvalue weighted by molar-refractivity contribution is -0.0278. The second-order valence-electron chi connectivity index (χ2n) is 10.6. The number of hydroxylamine groups is 1. The van der Waals surface area contributed by atoms with Crippen LogP contribution in [-0.2, 0) is 24.2 Å². The number of aryl methyl sites for hydroxylation is 2. The van der Waals surface area contributed by atoms with Gasteiger partial charge in [-0.15, -0.1) is 0 Å². The van der Waals surface area contributed by atoms with E-state index in [1.807, 2.05) is 58.4 Å². The van der Waals surface area contributed by atoms with Crippen LogP contribution in [0.25, 0.3) is 16.8 Å². The number of fused-ring (bicyclic) bond motifs is 1. The first-order valence-electron chi connectivity index (χ1n) is 14.5. The number of aromatic nitrogens is 2. The van der Waals surface area contributed by atoms with E-state index >= 15 is 0 Å². The molecule has 224 valence electrons. The average molecular weight is 585 g/mol. The summed E-state index contributed by atoms with van der Waals surface area (Å²) in [7, 11) is 1.50. The molecule has 2 saturated heterocycles. The Kier molecular flexibility index (Phi) is 9.57. The summed E-state index contributed by atoms with van der Waals surface area (Å²) < 4.78 is 22.6. The Labute approximate surface area is 251 Å². The molecule has 0 amide bonds. The van der Waals surface area contributed by atoms with Crippen molar-refractivity contribution < 1.29 is 19.1 Å². The van der Waals surface area contributed by atoms with Crippen molar-refractivity contribution in [1.29, 1.82) is 5.26 Å². The van der Waals surface area contributed by atoms with Crippen molar-refractivity contribution in [3.8, 4) is 11.8 Å². The van der Waals surface area contributed by atoms with Gasteiger partial charge in [0, 0.05) is 18.7 Å². The monoisotopic (exact) mass is 584 g/mol. The van der Waals surface area contributed by atoms with Crippen LogP contribution in [0.5, 0.6) is 5.75 Å². The third-order valence-electron chi connectivity index (χ3n) is 7.74. The summed E-state index contributed by atoms with van der Waals surface area (Å²) in [4.78, 5) is 12.9. The van der Waals surface area contributed by atoms with E-state index in [9.17, 15) is 9.50 Å². The average Bonchev–Trinajstić information content (AvgIpc) is 3.34. The van der Waals surface area contributed by atoms with Gasteiger partial charge in [-0.2, -0.15) is 10.4 Å². The van der Waals surface area contributed by atoms with Crippen LogP contribution in [0.2, 0.25) is 0 Å². The lowest BCUT2D eigenvalue weighted by Gasteiger charge is -2.36. The fourth-order valence-corrected chi connectivity index (χ4v) is 5.43. The number of imidazole rings is 1. The zero-order valence-electron chi connectivity index (χ0n) is 24.4. The van der Waals surface area contributed by atoms with E-state index in [1.54, 1.807) is 12.1 Å². The number of hydrogen-bond donors (Lipinski definition) is 2. The Bertz CT molecular complexity index is 1620. The Morgan fingerprint density at radius 3 is 2.58 bits per heavy atom. The molecule has 3 heterocycles. The Morgan fingerprint density at radius 1 is 1.12 bits per heavy atom. The minimum absolute atomic E-state index is 0.0264. The molecule has 1 aromatic heterocycles. The number of aliphatic hydroxyl groups is 1. The summed E-state index contributed by atoms with van der Waals surface area (Å²) in [5, 5.41) is 20.6. The molecule has 0 bridgehead atoms. The highest BCUT2D eigenvalue weighted by atomic mass is 19.1. The summed E-state index contributed by atoms with van der Waals surface area (Å²) in [5.41, 5.74) is 8.92. The normalized spacial score (nSPS) is 15.3. The van der Waals surface area contributed by atoms with Gasteiger partial charge in [-0.3, -0.25) is 9.74 Å². The SMILES string of the molecule is C=C(O)c1ccc2nc(CN3CCC(Oc4cccc(CCc5ccc(C#N)cc5F)c4)CC3)n(N3CCO3)c2c1.CN. The summed E-state index contributed by atoms with van der Waals surface area (Å²) >= 11 is 0. The van der Waals surface area contributed by atoms with E-state index < -0.39 is 0 Å². The van der Waals surface area contributed by atoms with Gasteiger partial charge in [-0.25, -0.2) is 14.1 Å². The molecule has 9 nitrogen and oxygen atoms in total. The first-order valence-corrected chi connectivity index (χ1v) is 14.5. The molecule has 6 rings (SSSR count). The molecular formula is C33H37FN6O3.